The Hall–Kier alpha value is -4.37. The van der Waals surface area contributed by atoms with Gasteiger partial charge in [0.2, 0.25) is 26.5 Å². The molecule has 53 heavy (non-hydrogen) atoms. The van der Waals surface area contributed by atoms with Gasteiger partial charge in [0.05, 0.1) is 12.0 Å². The standard InChI is InChI=1S/C40H44N2O9S2/c1-39(2)32-17-8-10-19-34(32)41(25-27-49-52(43,44)45)36(39)23-21-29-13-12-14-30(38(29)51-31-15-6-5-7-16-31)22-24-37-40(3,4)33-18-9-11-20-35(33)42(37)26-28-50-53(46,47)48/h5-11,15-24H,12-14,25-28H2,1-4H3,(H-,43,44,45,46,47,48)/p-1. The number of rotatable bonds is 13. The van der Waals surface area contributed by atoms with E-state index in [0.717, 1.165) is 70.1 Å². The lowest BCUT2D eigenvalue weighted by atomic mass is 9.81. The Labute approximate surface area is 312 Å². The highest BCUT2D eigenvalue weighted by atomic mass is 32.3. The zero-order valence-electron chi connectivity index (χ0n) is 30.1. The van der Waals surface area contributed by atoms with Crippen molar-refractivity contribution in [2.75, 3.05) is 31.2 Å². The van der Waals surface area contributed by atoms with E-state index in [0.29, 0.717) is 5.75 Å². The number of hydrogen-bond donors (Lipinski definition) is 0. The minimum Gasteiger partial charge on any atom is -0.726 e. The summed E-state index contributed by atoms with van der Waals surface area (Å²) in [5.74, 6) is 1.40. The van der Waals surface area contributed by atoms with Gasteiger partial charge < -0.3 is 18.7 Å². The molecule has 2 aliphatic heterocycles. The molecule has 13 heteroatoms. The molecule has 0 bridgehead atoms. The molecule has 0 radical (unpaired) electrons. The van der Waals surface area contributed by atoms with Crippen molar-refractivity contribution in [1.82, 2.24) is 0 Å². The topological polar surface area (TPSA) is 148 Å². The van der Waals surface area contributed by atoms with E-state index in [9.17, 15) is 25.9 Å². The molecular formula is C40H43N2O9S2-. The lowest BCUT2D eigenvalue weighted by molar-refractivity contribution is -0.440. The third-order valence-electron chi connectivity index (χ3n) is 10.0. The van der Waals surface area contributed by atoms with Gasteiger partial charge in [0.1, 0.15) is 18.1 Å². The Morgan fingerprint density at radius 3 is 2.11 bits per heavy atom. The van der Waals surface area contributed by atoms with Gasteiger partial charge in [-0.3, -0.25) is 8.37 Å². The third-order valence-corrected chi connectivity index (χ3v) is 10.9. The van der Waals surface area contributed by atoms with Crippen molar-refractivity contribution in [2.45, 2.75) is 57.8 Å². The summed E-state index contributed by atoms with van der Waals surface area (Å²) in [5.41, 5.74) is 6.86. The van der Waals surface area contributed by atoms with Crippen LogP contribution in [-0.2, 0) is 40.0 Å². The van der Waals surface area contributed by atoms with Crippen molar-refractivity contribution in [3.8, 4) is 5.75 Å². The van der Waals surface area contributed by atoms with Crippen LogP contribution in [0.2, 0.25) is 0 Å². The maximum absolute atomic E-state index is 11.3. The quantitative estimate of drug-likeness (QED) is 0.105. The monoisotopic (exact) mass is 759 g/mol. The predicted molar refractivity (Wildman–Crippen MR) is 201 cm³/mol. The van der Waals surface area contributed by atoms with Crippen molar-refractivity contribution in [3.63, 3.8) is 0 Å². The first-order valence-corrected chi connectivity index (χ1v) is 20.1. The molecule has 0 saturated heterocycles. The average molecular weight is 760 g/mol. The van der Waals surface area contributed by atoms with Crippen molar-refractivity contribution in [3.05, 3.63) is 137 Å². The number of anilines is 1. The van der Waals surface area contributed by atoms with E-state index in [4.69, 9.17) is 4.74 Å². The number of hydrogen-bond acceptors (Lipinski definition) is 10. The second kappa shape index (κ2) is 15.2. The summed E-state index contributed by atoms with van der Waals surface area (Å²) in [6.45, 7) is 8.16. The maximum atomic E-state index is 11.3. The van der Waals surface area contributed by atoms with Gasteiger partial charge in [0.25, 0.3) is 0 Å². The van der Waals surface area contributed by atoms with Gasteiger partial charge in [0, 0.05) is 41.1 Å². The highest BCUT2D eigenvalue weighted by molar-refractivity contribution is 7.81. The number of benzene rings is 3. The van der Waals surface area contributed by atoms with E-state index in [1.165, 1.54) is 0 Å². The average Bonchev–Trinajstić information content (AvgIpc) is 3.45. The fourth-order valence-electron chi connectivity index (χ4n) is 7.54. The van der Waals surface area contributed by atoms with Gasteiger partial charge in [-0.1, -0.05) is 74.5 Å². The molecule has 0 saturated carbocycles. The molecule has 2 heterocycles. The van der Waals surface area contributed by atoms with E-state index in [-0.39, 0.29) is 26.3 Å². The van der Waals surface area contributed by atoms with Crippen molar-refractivity contribution >= 4 is 37.9 Å². The van der Waals surface area contributed by atoms with Crippen LogP contribution in [0.25, 0.3) is 0 Å². The Morgan fingerprint density at radius 1 is 0.755 bits per heavy atom. The molecule has 0 N–H and O–H groups in total. The molecule has 1 aliphatic carbocycles. The molecule has 11 nitrogen and oxygen atoms in total. The van der Waals surface area contributed by atoms with Crippen LogP contribution < -0.4 is 9.64 Å². The molecule has 6 rings (SSSR count). The maximum Gasteiger partial charge on any atom is 0.217 e. The minimum atomic E-state index is -4.85. The predicted octanol–water partition coefficient (Wildman–Crippen LogP) is 6.70. The largest absolute Gasteiger partial charge is 0.726 e. The third kappa shape index (κ3) is 8.56. The molecule has 3 aromatic carbocycles. The highest BCUT2D eigenvalue weighted by Gasteiger charge is 2.44. The highest BCUT2D eigenvalue weighted by Crippen LogP contribution is 2.48. The molecule has 3 aliphatic rings. The molecule has 3 aromatic rings. The van der Waals surface area contributed by atoms with Crippen molar-refractivity contribution in [1.29, 1.82) is 0 Å². The second-order valence-electron chi connectivity index (χ2n) is 14.1. The summed E-state index contributed by atoms with van der Waals surface area (Å²) in [6.07, 6.45) is 10.5. The molecular weight excluding hydrogens is 717 g/mol. The summed E-state index contributed by atoms with van der Waals surface area (Å²) in [5, 5.41) is 0. The summed E-state index contributed by atoms with van der Waals surface area (Å²) >= 11 is 0. The molecule has 0 atom stereocenters. The smallest absolute Gasteiger partial charge is 0.217 e. The van der Waals surface area contributed by atoms with Gasteiger partial charge in [-0.15, -0.1) is 0 Å². The summed E-state index contributed by atoms with van der Waals surface area (Å²) in [6, 6.07) is 25.4. The molecule has 0 spiro atoms. The van der Waals surface area contributed by atoms with Gasteiger partial charge in [-0.2, -0.15) is 4.58 Å². The second-order valence-corrected chi connectivity index (χ2v) is 16.2. The zero-order valence-corrected chi connectivity index (χ0v) is 31.8. The van der Waals surface area contributed by atoms with Crippen LogP contribution >= 0.6 is 0 Å². The van der Waals surface area contributed by atoms with Crippen LogP contribution in [0.5, 0.6) is 5.75 Å². The molecule has 0 amide bonds. The van der Waals surface area contributed by atoms with E-state index in [1.54, 1.807) is 0 Å². The van der Waals surface area contributed by atoms with Gasteiger partial charge in [-0.05, 0) is 80.2 Å². The van der Waals surface area contributed by atoms with E-state index < -0.39 is 31.6 Å². The summed E-state index contributed by atoms with van der Waals surface area (Å²) < 4.78 is 85.4. The van der Waals surface area contributed by atoms with Crippen molar-refractivity contribution in [2.24, 2.45) is 0 Å². The van der Waals surface area contributed by atoms with Crippen LogP contribution in [0.3, 0.4) is 0 Å². The fourth-order valence-corrected chi connectivity index (χ4v) is 8.10. The summed E-state index contributed by atoms with van der Waals surface area (Å²) in [7, 11) is -9.69. The number of para-hydroxylation sites is 3. The van der Waals surface area contributed by atoms with Crippen LogP contribution in [-0.4, -0.2) is 62.5 Å². The van der Waals surface area contributed by atoms with Crippen LogP contribution in [0.15, 0.2) is 126 Å². The zero-order chi connectivity index (χ0) is 38.0. The summed E-state index contributed by atoms with van der Waals surface area (Å²) in [4.78, 5) is 2.00. The SMILES string of the molecule is CC1(C)C(/C=C/C2=C(Oc3ccccc3)C(=C/C=C3/N(CCOS(=O)(=O)[O-])c4ccccc4C3(C)C)/CCC2)=[N+](CCOS(=O)(=O)[O-])c2ccccc21. The van der Waals surface area contributed by atoms with E-state index >= 15 is 0 Å². The number of ether oxygens (including phenoxy) is 1. The van der Waals surface area contributed by atoms with E-state index in [2.05, 4.69) is 48.2 Å². The first-order chi connectivity index (χ1) is 25.1. The molecule has 0 aromatic heterocycles. The lowest BCUT2D eigenvalue weighted by Gasteiger charge is -2.27. The van der Waals surface area contributed by atoms with Gasteiger partial charge >= 0.3 is 0 Å². The Morgan fingerprint density at radius 2 is 1.40 bits per heavy atom. The lowest BCUT2D eigenvalue weighted by Crippen LogP contribution is -2.29. The number of nitrogens with zero attached hydrogens (tertiary/aromatic N) is 2. The van der Waals surface area contributed by atoms with Gasteiger partial charge in [-0.25, -0.2) is 16.8 Å². The number of fused-ring (bicyclic) bond motifs is 2. The van der Waals surface area contributed by atoms with Gasteiger partial charge in [0.15, 0.2) is 12.3 Å². The first-order valence-electron chi connectivity index (χ1n) is 17.4. The normalized spacial score (nSPS) is 19.8. The molecule has 0 unspecified atom stereocenters. The van der Waals surface area contributed by atoms with Crippen LogP contribution in [0, 0.1) is 0 Å². The molecule has 0 fully saturated rings. The fraction of sp³-hybridized carbons (Fsp3) is 0.325. The van der Waals surface area contributed by atoms with E-state index in [1.807, 2.05) is 100 Å². The Kier molecular flexibility index (Phi) is 11.0. The Bertz CT molecular complexity index is 2250. The molecule has 280 valence electrons. The Balaban J connectivity index is 1.42. The first kappa shape index (κ1) is 38.4. The number of allylic oxidation sites excluding steroid dienone is 7. The van der Waals surface area contributed by atoms with Crippen LogP contribution in [0.4, 0.5) is 11.4 Å². The minimum absolute atomic E-state index is 0.160. The van der Waals surface area contributed by atoms with Crippen LogP contribution in [0.1, 0.15) is 58.1 Å². The van der Waals surface area contributed by atoms with Crippen molar-refractivity contribution < 1.29 is 43.6 Å².